The number of anilines is 1. The Kier molecular flexibility index (Phi) is 2.93. The average Bonchev–Trinajstić information content (AvgIpc) is 2.28. The van der Waals surface area contributed by atoms with Crippen LogP contribution in [0.5, 0.6) is 5.75 Å². The van der Waals surface area contributed by atoms with Crippen LogP contribution < -0.4 is 5.32 Å². The number of hydrogen-bond donors (Lipinski definition) is 3. The van der Waals surface area contributed by atoms with Crippen molar-refractivity contribution in [3.8, 4) is 5.75 Å². The molecule has 0 heterocycles. The molecule has 2 aromatic carbocycles. The molecule has 0 aliphatic heterocycles. The second-order valence-electron chi connectivity index (χ2n) is 3.58. The van der Waals surface area contributed by atoms with Gasteiger partial charge in [0, 0.05) is 11.5 Å². The molecule has 0 saturated heterocycles. The molecule has 0 aliphatic carbocycles. The van der Waals surface area contributed by atoms with Crippen LogP contribution >= 0.6 is 0 Å². The lowest BCUT2D eigenvalue weighted by Crippen LogP contribution is -1.99. The second-order valence-corrected chi connectivity index (χ2v) is 5.00. The van der Waals surface area contributed by atoms with E-state index in [0.29, 0.717) is 22.9 Å². The van der Waals surface area contributed by atoms with Crippen molar-refractivity contribution >= 4 is 33.0 Å². The Labute approximate surface area is 103 Å². The quantitative estimate of drug-likeness (QED) is 0.575. The number of benzene rings is 2. The fourth-order valence-electron chi connectivity index (χ4n) is 1.71. The third-order valence-electron chi connectivity index (χ3n) is 2.44. The van der Waals surface area contributed by atoms with E-state index in [4.69, 9.17) is 4.55 Å². The highest BCUT2D eigenvalue weighted by Gasteiger charge is 2.14. The van der Waals surface area contributed by atoms with Crippen LogP contribution in [0.1, 0.15) is 0 Å². The number of amides is 1. The van der Waals surface area contributed by atoms with Gasteiger partial charge in [0.05, 0.1) is 10.6 Å². The molecule has 0 radical (unpaired) electrons. The monoisotopic (exact) mass is 267 g/mol. The highest BCUT2D eigenvalue weighted by Crippen LogP contribution is 2.33. The number of carbonyl (C=O) groups is 1. The van der Waals surface area contributed by atoms with E-state index in [2.05, 4.69) is 5.32 Å². The average molecular weight is 267 g/mol. The first kappa shape index (κ1) is 12.3. The summed E-state index contributed by atoms with van der Waals surface area (Å²) in [5.74, 6) is -0.343. The zero-order valence-electron chi connectivity index (χ0n) is 8.99. The van der Waals surface area contributed by atoms with E-state index in [1.54, 1.807) is 18.2 Å². The molecule has 94 valence electrons. The Balaban J connectivity index is 2.81. The van der Waals surface area contributed by atoms with Crippen molar-refractivity contribution in [2.45, 2.75) is 4.90 Å². The summed E-state index contributed by atoms with van der Waals surface area (Å²) in [5.41, 5.74) is 0.349. The third kappa shape index (κ3) is 2.13. The number of carbonyl (C=O) groups excluding carboxylic acids is 1. The van der Waals surface area contributed by atoms with Crippen LogP contribution in [-0.2, 0) is 14.9 Å². The maximum atomic E-state index is 11.0. The van der Waals surface area contributed by atoms with Gasteiger partial charge in [0.25, 0.3) is 10.1 Å². The standard InChI is InChI=1S/C11H9NO5S/c13-6-12-9-3-1-2-7-4-8(18(15,16)17)5-10(14)11(7)9/h1-6,14H,(H,12,13)(H,15,16,17). The summed E-state index contributed by atoms with van der Waals surface area (Å²) in [5, 5.41) is 12.9. The lowest BCUT2D eigenvalue weighted by Gasteiger charge is -2.08. The van der Waals surface area contributed by atoms with Gasteiger partial charge in [-0.2, -0.15) is 8.42 Å². The zero-order chi connectivity index (χ0) is 13.3. The van der Waals surface area contributed by atoms with Crippen molar-refractivity contribution in [2.75, 3.05) is 5.32 Å². The molecule has 0 unspecified atom stereocenters. The number of phenols is 1. The number of hydrogen-bond acceptors (Lipinski definition) is 4. The number of nitrogens with one attached hydrogen (secondary N) is 1. The molecule has 0 fully saturated rings. The van der Waals surface area contributed by atoms with Gasteiger partial charge in [0.1, 0.15) is 5.75 Å². The van der Waals surface area contributed by atoms with Gasteiger partial charge in [-0.15, -0.1) is 0 Å². The molecule has 0 aromatic heterocycles. The summed E-state index contributed by atoms with van der Waals surface area (Å²) >= 11 is 0. The third-order valence-corrected chi connectivity index (χ3v) is 3.27. The number of phenolic OH excluding ortho intramolecular Hbond substituents is 1. The van der Waals surface area contributed by atoms with Gasteiger partial charge in [-0.25, -0.2) is 0 Å². The molecule has 0 bridgehead atoms. The van der Waals surface area contributed by atoms with E-state index in [1.165, 1.54) is 6.07 Å². The molecule has 0 atom stereocenters. The molecule has 0 spiro atoms. The first-order chi connectivity index (χ1) is 8.43. The Bertz CT molecular complexity index is 724. The SMILES string of the molecule is O=CNc1cccc2cc(S(=O)(=O)O)cc(O)c12. The van der Waals surface area contributed by atoms with Gasteiger partial charge < -0.3 is 10.4 Å². The first-order valence-corrected chi connectivity index (χ1v) is 6.31. The van der Waals surface area contributed by atoms with Gasteiger partial charge in [-0.05, 0) is 17.5 Å². The molecule has 0 saturated carbocycles. The predicted octanol–water partition coefficient (Wildman–Crippen LogP) is 1.36. The largest absolute Gasteiger partial charge is 0.507 e. The molecule has 1 amide bonds. The van der Waals surface area contributed by atoms with Gasteiger partial charge in [0.15, 0.2) is 0 Å². The highest BCUT2D eigenvalue weighted by molar-refractivity contribution is 7.85. The summed E-state index contributed by atoms with van der Waals surface area (Å²) in [6, 6.07) is 6.83. The Morgan fingerprint density at radius 2 is 1.94 bits per heavy atom. The van der Waals surface area contributed by atoms with Crippen molar-refractivity contribution in [3.63, 3.8) is 0 Å². The zero-order valence-corrected chi connectivity index (χ0v) is 9.81. The van der Waals surface area contributed by atoms with E-state index in [0.717, 1.165) is 6.07 Å². The van der Waals surface area contributed by atoms with Crippen molar-refractivity contribution in [1.82, 2.24) is 0 Å². The van der Waals surface area contributed by atoms with E-state index >= 15 is 0 Å². The minimum atomic E-state index is -4.39. The van der Waals surface area contributed by atoms with Gasteiger partial charge >= 0.3 is 0 Å². The van der Waals surface area contributed by atoms with E-state index in [9.17, 15) is 18.3 Å². The molecule has 3 N–H and O–H groups in total. The minimum Gasteiger partial charge on any atom is -0.507 e. The van der Waals surface area contributed by atoms with Crippen molar-refractivity contribution in [2.24, 2.45) is 0 Å². The Morgan fingerprint density at radius 3 is 2.56 bits per heavy atom. The van der Waals surface area contributed by atoms with Crippen LogP contribution in [0.3, 0.4) is 0 Å². The molecule has 2 rings (SSSR count). The topological polar surface area (TPSA) is 104 Å². The lowest BCUT2D eigenvalue weighted by atomic mass is 10.1. The van der Waals surface area contributed by atoms with Crippen LogP contribution in [0.25, 0.3) is 10.8 Å². The van der Waals surface area contributed by atoms with Crippen molar-refractivity contribution in [1.29, 1.82) is 0 Å². The van der Waals surface area contributed by atoms with E-state index < -0.39 is 15.0 Å². The molecule has 0 aliphatic rings. The van der Waals surface area contributed by atoms with Crippen LogP contribution in [-0.4, -0.2) is 24.5 Å². The maximum absolute atomic E-state index is 11.0. The molecule has 18 heavy (non-hydrogen) atoms. The number of aromatic hydroxyl groups is 1. The predicted molar refractivity (Wildman–Crippen MR) is 65.1 cm³/mol. The van der Waals surface area contributed by atoms with Crippen molar-refractivity contribution < 1.29 is 22.9 Å². The van der Waals surface area contributed by atoms with Crippen LogP contribution in [0.15, 0.2) is 35.2 Å². The van der Waals surface area contributed by atoms with Crippen LogP contribution in [0, 0.1) is 0 Å². The second kappa shape index (κ2) is 4.28. The van der Waals surface area contributed by atoms with E-state index in [-0.39, 0.29) is 5.75 Å². The van der Waals surface area contributed by atoms with Gasteiger partial charge in [-0.3, -0.25) is 9.35 Å². The smallest absolute Gasteiger partial charge is 0.294 e. The van der Waals surface area contributed by atoms with Gasteiger partial charge in [-0.1, -0.05) is 12.1 Å². The van der Waals surface area contributed by atoms with Crippen molar-refractivity contribution in [3.05, 3.63) is 30.3 Å². The Morgan fingerprint density at radius 1 is 1.22 bits per heavy atom. The molecular formula is C11H9NO5S. The molecule has 6 nitrogen and oxygen atoms in total. The minimum absolute atomic E-state index is 0.303. The van der Waals surface area contributed by atoms with Crippen LogP contribution in [0.2, 0.25) is 0 Å². The first-order valence-electron chi connectivity index (χ1n) is 4.87. The summed E-state index contributed by atoms with van der Waals surface area (Å²) in [4.78, 5) is 10.0. The van der Waals surface area contributed by atoms with Crippen LogP contribution in [0.4, 0.5) is 5.69 Å². The molecular weight excluding hydrogens is 258 g/mol. The van der Waals surface area contributed by atoms with E-state index in [1.807, 2.05) is 0 Å². The summed E-state index contributed by atoms with van der Waals surface area (Å²) in [7, 11) is -4.39. The Hall–Kier alpha value is -2.12. The lowest BCUT2D eigenvalue weighted by molar-refractivity contribution is -0.105. The number of fused-ring (bicyclic) bond motifs is 1. The highest BCUT2D eigenvalue weighted by atomic mass is 32.2. The summed E-state index contributed by atoms with van der Waals surface area (Å²) in [6.07, 6.45) is 0.449. The fraction of sp³-hybridized carbons (Fsp3) is 0. The molecule has 2 aromatic rings. The normalized spacial score (nSPS) is 11.4. The summed E-state index contributed by atoms with van der Waals surface area (Å²) < 4.78 is 31.0. The summed E-state index contributed by atoms with van der Waals surface area (Å²) in [6.45, 7) is 0. The maximum Gasteiger partial charge on any atom is 0.294 e. The number of rotatable bonds is 3. The molecule has 7 heteroatoms. The van der Waals surface area contributed by atoms with Gasteiger partial charge in [0.2, 0.25) is 6.41 Å². The fourth-order valence-corrected chi connectivity index (χ4v) is 2.25.